The monoisotopic (exact) mass is 270 g/mol. The highest BCUT2D eigenvalue weighted by Crippen LogP contribution is 2.33. The van der Waals surface area contributed by atoms with Crippen molar-refractivity contribution < 1.29 is 5.11 Å². The van der Waals surface area contributed by atoms with Crippen LogP contribution < -0.4 is 5.32 Å². The summed E-state index contributed by atoms with van der Waals surface area (Å²) in [6.45, 7) is 14.6. The zero-order valence-corrected chi connectivity index (χ0v) is 13.6. The SMILES string of the molecule is CCC(CC)(CNC(C)(C)C)CN(CCO)C1CC1. The zero-order chi connectivity index (χ0) is 14.5. The molecule has 0 bridgehead atoms. The lowest BCUT2D eigenvalue weighted by molar-refractivity contribution is 0.102. The fourth-order valence-electron chi connectivity index (χ4n) is 2.62. The Bertz CT molecular complexity index is 252. The molecule has 1 saturated carbocycles. The Morgan fingerprint density at radius 1 is 1.16 bits per heavy atom. The maximum absolute atomic E-state index is 9.26. The van der Waals surface area contributed by atoms with Gasteiger partial charge in [-0.3, -0.25) is 4.90 Å². The summed E-state index contributed by atoms with van der Waals surface area (Å²) in [5.74, 6) is 0. The van der Waals surface area contributed by atoms with E-state index in [9.17, 15) is 5.11 Å². The van der Waals surface area contributed by atoms with E-state index in [4.69, 9.17) is 0 Å². The summed E-state index contributed by atoms with van der Waals surface area (Å²) >= 11 is 0. The summed E-state index contributed by atoms with van der Waals surface area (Å²) in [7, 11) is 0. The van der Waals surface area contributed by atoms with Gasteiger partial charge in [-0.25, -0.2) is 0 Å². The largest absolute Gasteiger partial charge is 0.395 e. The normalized spacial score (nSPS) is 17.2. The van der Waals surface area contributed by atoms with Crippen molar-refractivity contribution in [3.8, 4) is 0 Å². The average Bonchev–Trinajstić information content (AvgIpc) is 3.17. The molecule has 0 aliphatic heterocycles. The predicted octanol–water partition coefficient (Wildman–Crippen LogP) is 2.64. The minimum absolute atomic E-state index is 0.178. The van der Waals surface area contributed by atoms with Gasteiger partial charge in [-0.2, -0.15) is 0 Å². The molecule has 1 rings (SSSR count). The lowest BCUT2D eigenvalue weighted by Crippen LogP contribution is -2.49. The first-order valence-electron chi connectivity index (χ1n) is 7.96. The molecule has 3 heteroatoms. The third-order valence-electron chi connectivity index (χ3n) is 4.48. The van der Waals surface area contributed by atoms with Crippen LogP contribution in [0.3, 0.4) is 0 Å². The van der Waals surface area contributed by atoms with Crippen LogP contribution in [0.2, 0.25) is 0 Å². The van der Waals surface area contributed by atoms with Gasteiger partial charge in [0.25, 0.3) is 0 Å². The Kier molecular flexibility index (Phi) is 6.28. The van der Waals surface area contributed by atoms with Crippen molar-refractivity contribution in [2.24, 2.45) is 5.41 Å². The van der Waals surface area contributed by atoms with Crippen LogP contribution in [-0.4, -0.2) is 47.8 Å². The summed E-state index contributed by atoms with van der Waals surface area (Å²) < 4.78 is 0. The van der Waals surface area contributed by atoms with Gasteiger partial charge in [-0.05, 0) is 51.9 Å². The van der Waals surface area contributed by atoms with Gasteiger partial charge in [-0.1, -0.05) is 13.8 Å². The van der Waals surface area contributed by atoms with Gasteiger partial charge in [0.05, 0.1) is 6.61 Å². The molecule has 0 radical (unpaired) electrons. The van der Waals surface area contributed by atoms with E-state index in [0.29, 0.717) is 5.41 Å². The maximum atomic E-state index is 9.26. The smallest absolute Gasteiger partial charge is 0.0558 e. The Morgan fingerprint density at radius 2 is 1.74 bits per heavy atom. The van der Waals surface area contributed by atoms with Crippen molar-refractivity contribution >= 4 is 0 Å². The highest BCUT2D eigenvalue weighted by atomic mass is 16.3. The number of hydrogen-bond acceptors (Lipinski definition) is 3. The Morgan fingerprint density at radius 3 is 2.11 bits per heavy atom. The van der Waals surface area contributed by atoms with Crippen LogP contribution in [0.25, 0.3) is 0 Å². The van der Waals surface area contributed by atoms with Crippen molar-refractivity contribution in [3.05, 3.63) is 0 Å². The number of aliphatic hydroxyl groups excluding tert-OH is 1. The van der Waals surface area contributed by atoms with Crippen molar-refractivity contribution in [2.45, 2.75) is 71.9 Å². The third-order valence-corrected chi connectivity index (χ3v) is 4.48. The molecular weight excluding hydrogens is 236 g/mol. The first-order valence-corrected chi connectivity index (χ1v) is 7.96. The average molecular weight is 270 g/mol. The van der Waals surface area contributed by atoms with Gasteiger partial charge in [0, 0.05) is 31.2 Å². The number of nitrogens with zero attached hydrogens (tertiary/aromatic N) is 1. The second-order valence-electron chi connectivity index (χ2n) is 7.24. The quantitative estimate of drug-likeness (QED) is 0.676. The van der Waals surface area contributed by atoms with E-state index >= 15 is 0 Å². The highest BCUT2D eigenvalue weighted by Gasteiger charge is 2.35. The second kappa shape index (κ2) is 7.05. The lowest BCUT2D eigenvalue weighted by Gasteiger charge is -2.39. The van der Waals surface area contributed by atoms with E-state index < -0.39 is 0 Å². The van der Waals surface area contributed by atoms with Crippen molar-refractivity contribution in [2.75, 3.05) is 26.2 Å². The van der Waals surface area contributed by atoms with E-state index in [2.05, 4.69) is 44.8 Å². The topological polar surface area (TPSA) is 35.5 Å². The van der Waals surface area contributed by atoms with Crippen molar-refractivity contribution in [1.82, 2.24) is 10.2 Å². The summed E-state index contributed by atoms with van der Waals surface area (Å²) in [5, 5.41) is 12.9. The molecule has 0 heterocycles. The third kappa shape index (κ3) is 5.80. The summed E-state index contributed by atoms with van der Waals surface area (Å²) in [6.07, 6.45) is 5.02. The lowest BCUT2D eigenvalue weighted by atomic mass is 9.81. The van der Waals surface area contributed by atoms with Crippen molar-refractivity contribution in [1.29, 1.82) is 0 Å². The van der Waals surface area contributed by atoms with E-state index in [1.165, 1.54) is 25.7 Å². The van der Waals surface area contributed by atoms with Crippen LogP contribution in [-0.2, 0) is 0 Å². The number of nitrogens with one attached hydrogen (secondary N) is 1. The molecule has 19 heavy (non-hydrogen) atoms. The predicted molar refractivity (Wildman–Crippen MR) is 82.5 cm³/mol. The molecular formula is C16H34N2O. The maximum Gasteiger partial charge on any atom is 0.0558 e. The molecule has 1 aliphatic carbocycles. The molecule has 0 spiro atoms. The first-order chi connectivity index (χ1) is 8.86. The van der Waals surface area contributed by atoms with Crippen molar-refractivity contribution in [3.63, 3.8) is 0 Å². The van der Waals surface area contributed by atoms with Crippen LogP contribution in [0.5, 0.6) is 0 Å². The minimum atomic E-state index is 0.178. The molecule has 114 valence electrons. The van der Waals surface area contributed by atoms with Gasteiger partial charge < -0.3 is 10.4 Å². The van der Waals surface area contributed by atoms with E-state index in [1.54, 1.807) is 0 Å². The standard InChI is InChI=1S/C16H34N2O/c1-6-16(7-2,12-17-15(3,4)5)13-18(10-11-19)14-8-9-14/h14,17,19H,6-13H2,1-5H3. The number of rotatable bonds is 9. The van der Waals surface area contributed by atoms with Gasteiger partial charge >= 0.3 is 0 Å². The Hall–Kier alpha value is -0.120. The second-order valence-corrected chi connectivity index (χ2v) is 7.24. The molecule has 1 fully saturated rings. The molecule has 0 saturated heterocycles. The molecule has 0 amide bonds. The summed E-state index contributed by atoms with van der Waals surface area (Å²) in [6, 6.07) is 0.735. The molecule has 0 atom stereocenters. The van der Waals surface area contributed by atoms with Crippen LogP contribution in [0.15, 0.2) is 0 Å². The van der Waals surface area contributed by atoms with Crippen LogP contribution in [0.1, 0.15) is 60.3 Å². The fraction of sp³-hybridized carbons (Fsp3) is 1.00. The molecule has 0 aromatic rings. The highest BCUT2D eigenvalue weighted by molar-refractivity contribution is 4.91. The first kappa shape index (κ1) is 16.9. The summed E-state index contributed by atoms with van der Waals surface area (Å²) in [5.41, 5.74) is 0.516. The molecule has 0 aromatic carbocycles. The van der Waals surface area contributed by atoms with E-state index in [1.807, 2.05) is 0 Å². The van der Waals surface area contributed by atoms with Gasteiger partial charge in [-0.15, -0.1) is 0 Å². The van der Waals surface area contributed by atoms with E-state index in [-0.39, 0.29) is 12.1 Å². The van der Waals surface area contributed by atoms with Gasteiger partial charge in [0.15, 0.2) is 0 Å². The molecule has 2 N–H and O–H groups in total. The number of aliphatic hydroxyl groups is 1. The Labute approximate surface area is 119 Å². The minimum Gasteiger partial charge on any atom is -0.395 e. The molecule has 1 aliphatic rings. The fourth-order valence-corrected chi connectivity index (χ4v) is 2.62. The Balaban J connectivity index is 2.62. The van der Waals surface area contributed by atoms with E-state index in [0.717, 1.165) is 25.7 Å². The van der Waals surface area contributed by atoms with Crippen LogP contribution in [0, 0.1) is 5.41 Å². The van der Waals surface area contributed by atoms with Crippen LogP contribution in [0.4, 0.5) is 0 Å². The molecule has 0 aromatic heterocycles. The van der Waals surface area contributed by atoms with Gasteiger partial charge in [0.2, 0.25) is 0 Å². The van der Waals surface area contributed by atoms with Gasteiger partial charge in [0.1, 0.15) is 0 Å². The number of hydrogen-bond donors (Lipinski definition) is 2. The zero-order valence-electron chi connectivity index (χ0n) is 13.6. The van der Waals surface area contributed by atoms with Crippen LogP contribution >= 0.6 is 0 Å². The summed E-state index contributed by atoms with van der Waals surface area (Å²) in [4.78, 5) is 2.51. The molecule has 0 unspecified atom stereocenters. The molecule has 3 nitrogen and oxygen atoms in total.